The Morgan fingerprint density at radius 3 is 2.40 bits per heavy atom. The van der Waals surface area contributed by atoms with E-state index in [9.17, 15) is 9.59 Å². The Morgan fingerprint density at radius 2 is 1.71 bits per heavy atom. The number of fused-ring (bicyclic) bond motifs is 1. The number of carbonyl (C=O) groups is 2. The van der Waals surface area contributed by atoms with Crippen molar-refractivity contribution in [1.82, 2.24) is 24.6 Å². The smallest absolute Gasteiger partial charge is 0.321 e. The first-order valence-corrected chi connectivity index (χ1v) is 11.1. The predicted molar refractivity (Wildman–Crippen MR) is 137 cm³/mol. The first-order valence-electron chi connectivity index (χ1n) is 11.1. The highest BCUT2D eigenvalue weighted by Crippen LogP contribution is 2.36. The normalized spacial score (nSPS) is 10.9. The molecule has 0 spiro atoms. The van der Waals surface area contributed by atoms with Crippen LogP contribution in [0, 0.1) is 0 Å². The third-order valence-corrected chi connectivity index (χ3v) is 5.82. The molecule has 8 nitrogen and oxygen atoms in total. The number of aromatic nitrogens is 4. The molecule has 0 radical (unpaired) electrons. The van der Waals surface area contributed by atoms with Gasteiger partial charge in [-0.05, 0) is 35.4 Å². The van der Waals surface area contributed by atoms with Crippen LogP contribution >= 0.6 is 0 Å². The summed E-state index contributed by atoms with van der Waals surface area (Å²) in [6.07, 6.45) is 4.61. The van der Waals surface area contributed by atoms with Gasteiger partial charge in [0.25, 0.3) is 0 Å². The van der Waals surface area contributed by atoms with Crippen LogP contribution in [0.4, 0.5) is 10.5 Å². The van der Waals surface area contributed by atoms with E-state index >= 15 is 0 Å². The molecule has 0 aliphatic heterocycles. The zero-order chi connectivity index (χ0) is 24.5. The number of benzene rings is 2. The predicted octanol–water partition coefficient (Wildman–Crippen LogP) is 5.20. The maximum atomic E-state index is 11.9. The quantitative estimate of drug-likeness (QED) is 0.349. The summed E-state index contributed by atoms with van der Waals surface area (Å²) >= 11 is 0. The van der Waals surface area contributed by atoms with Gasteiger partial charge in [-0.1, -0.05) is 36.4 Å². The second kappa shape index (κ2) is 8.90. The van der Waals surface area contributed by atoms with Gasteiger partial charge in [0, 0.05) is 67.0 Å². The number of aldehydes is 1. The van der Waals surface area contributed by atoms with Crippen molar-refractivity contribution in [2.24, 2.45) is 7.05 Å². The highest BCUT2D eigenvalue weighted by Gasteiger charge is 2.17. The maximum absolute atomic E-state index is 11.9. The Morgan fingerprint density at radius 1 is 1.00 bits per heavy atom. The fraction of sp³-hybridized carbons (Fsp3) is 0.111. The number of H-pyrrole nitrogens is 1. The third kappa shape index (κ3) is 4.29. The number of carbonyl (C=O) groups excluding carboxylic acids is 2. The van der Waals surface area contributed by atoms with E-state index < -0.39 is 0 Å². The molecule has 2 N–H and O–H groups in total. The SMILES string of the molecule is CN(C)C(=O)Nc1ccc(-c2nn(C)cc2-c2ccnc3[nH]c(-c4ccc(C=O)cc4)cc23)cc1. The molecule has 174 valence electrons. The van der Waals surface area contributed by atoms with Gasteiger partial charge in [-0.2, -0.15) is 5.10 Å². The summed E-state index contributed by atoms with van der Waals surface area (Å²) in [5, 5.41) is 8.55. The van der Waals surface area contributed by atoms with Gasteiger partial charge in [0.1, 0.15) is 17.6 Å². The molecule has 5 aromatic rings. The van der Waals surface area contributed by atoms with Gasteiger partial charge in [0.05, 0.1) is 0 Å². The lowest BCUT2D eigenvalue weighted by Gasteiger charge is -2.12. The highest BCUT2D eigenvalue weighted by atomic mass is 16.2. The van der Waals surface area contributed by atoms with E-state index in [1.54, 1.807) is 37.1 Å². The number of amides is 2. The summed E-state index contributed by atoms with van der Waals surface area (Å²) in [5.41, 5.74) is 7.78. The van der Waals surface area contributed by atoms with Gasteiger partial charge in [0.15, 0.2) is 0 Å². The van der Waals surface area contributed by atoms with E-state index in [1.165, 1.54) is 4.90 Å². The van der Waals surface area contributed by atoms with Crippen LogP contribution in [0.3, 0.4) is 0 Å². The van der Waals surface area contributed by atoms with Crippen LogP contribution in [0.15, 0.2) is 73.1 Å². The molecule has 2 aromatic carbocycles. The number of nitrogens with one attached hydrogen (secondary N) is 2. The summed E-state index contributed by atoms with van der Waals surface area (Å²) in [7, 11) is 5.30. The van der Waals surface area contributed by atoms with Crippen LogP contribution in [0.25, 0.3) is 44.7 Å². The highest BCUT2D eigenvalue weighted by molar-refractivity contribution is 5.99. The fourth-order valence-electron chi connectivity index (χ4n) is 4.00. The zero-order valence-electron chi connectivity index (χ0n) is 19.6. The van der Waals surface area contributed by atoms with Crippen molar-refractivity contribution in [3.63, 3.8) is 0 Å². The topological polar surface area (TPSA) is 95.9 Å². The van der Waals surface area contributed by atoms with Gasteiger partial charge >= 0.3 is 6.03 Å². The van der Waals surface area contributed by atoms with Gasteiger partial charge < -0.3 is 15.2 Å². The standard InChI is InChI=1S/C27H24N6O2/c1-32(2)27(35)29-20-10-8-19(9-11-20)25-23(15-33(3)31-25)21-12-13-28-26-22(21)14-24(30-26)18-6-4-17(16-34)5-7-18/h4-16H,1-3H3,(H,28,30)(H,29,35). The van der Waals surface area contributed by atoms with Crippen molar-refractivity contribution >= 4 is 29.0 Å². The number of urea groups is 1. The Bertz CT molecular complexity index is 1530. The van der Waals surface area contributed by atoms with Gasteiger partial charge in [0.2, 0.25) is 0 Å². The van der Waals surface area contributed by atoms with E-state index in [0.717, 1.165) is 51.0 Å². The van der Waals surface area contributed by atoms with Crippen molar-refractivity contribution in [3.8, 4) is 33.6 Å². The monoisotopic (exact) mass is 464 g/mol. The summed E-state index contributed by atoms with van der Waals surface area (Å²) in [4.78, 5) is 32.3. The number of aromatic amines is 1. The number of nitrogens with zero attached hydrogens (tertiary/aromatic N) is 4. The number of hydrogen-bond acceptors (Lipinski definition) is 4. The van der Waals surface area contributed by atoms with Crippen molar-refractivity contribution in [1.29, 1.82) is 0 Å². The summed E-state index contributed by atoms with van der Waals surface area (Å²) in [6.45, 7) is 0. The Labute approximate surface area is 202 Å². The molecule has 5 rings (SSSR count). The first-order chi connectivity index (χ1) is 16.9. The minimum atomic E-state index is -0.181. The molecule has 0 bridgehead atoms. The molecule has 3 heterocycles. The molecule has 2 amide bonds. The molecular formula is C27H24N6O2. The van der Waals surface area contributed by atoms with E-state index in [-0.39, 0.29) is 6.03 Å². The molecule has 0 saturated heterocycles. The van der Waals surface area contributed by atoms with E-state index in [4.69, 9.17) is 5.10 Å². The van der Waals surface area contributed by atoms with Crippen LogP contribution in [0.2, 0.25) is 0 Å². The second-order valence-electron chi connectivity index (χ2n) is 8.51. The fourth-order valence-corrected chi connectivity index (χ4v) is 4.00. The van der Waals surface area contributed by atoms with Gasteiger partial charge in [-0.25, -0.2) is 9.78 Å². The van der Waals surface area contributed by atoms with Crippen molar-refractivity contribution in [2.45, 2.75) is 0 Å². The lowest BCUT2D eigenvalue weighted by molar-refractivity contribution is 0.112. The number of rotatable bonds is 5. The minimum absolute atomic E-state index is 0.181. The molecule has 0 fully saturated rings. The summed E-state index contributed by atoms with van der Waals surface area (Å²) < 4.78 is 1.80. The van der Waals surface area contributed by atoms with Crippen LogP contribution in [-0.2, 0) is 7.05 Å². The third-order valence-electron chi connectivity index (χ3n) is 5.82. The van der Waals surface area contributed by atoms with Crippen molar-refractivity contribution in [3.05, 3.63) is 78.6 Å². The minimum Gasteiger partial charge on any atom is -0.339 e. The largest absolute Gasteiger partial charge is 0.339 e. The van der Waals surface area contributed by atoms with Crippen LogP contribution < -0.4 is 5.32 Å². The van der Waals surface area contributed by atoms with Crippen molar-refractivity contribution < 1.29 is 9.59 Å². The molecule has 0 aliphatic carbocycles. The Balaban J connectivity index is 1.54. The van der Waals surface area contributed by atoms with Crippen molar-refractivity contribution in [2.75, 3.05) is 19.4 Å². The lowest BCUT2D eigenvalue weighted by atomic mass is 10.00. The van der Waals surface area contributed by atoms with Crippen LogP contribution in [0.1, 0.15) is 10.4 Å². The lowest BCUT2D eigenvalue weighted by Crippen LogP contribution is -2.27. The molecule has 8 heteroatoms. The summed E-state index contributed by atoms with van der Waals surface area (Å²) in [6, 6.07) is 19.0. The molecule has 0 unspecified atom stereocenters. The van der Waals surface area contributed by atoms with Gasteiger partial charge in [-0.3, -0.25) is 9.48 Å². The molecule has 35 heavy (non-hydrogen) atoms. The Hall–Kier alpha value is -4.72. The Kier molecular flexibility index (Phi) is 5.62. The van der Waals surface area contributed by atoms with E-state index in [2.05, 4.69) is 21.4 Å². The number of pyridine rings is 1. The average molecular weight is 465 g/mol. The first kappa shape index (κ1) is 22.1. The summed E-state index contributed by atoms with van der Waals surface area (Å²) in [5.74, 6) is 0. The van der Waals surface area contributed by atoms with Crippen LogP contribution in [-0.4, -0.2) is 51.1 Å². The second-order valence-corrected chi connectivity index (χ2v) is 8.51. The molecule has 0 aliphatic rings. The molecule has 0 atom stereocenters. The van der Waals surface area contributed by atoms with E-state index in [0.29, 0.717) is 11.3 Å². The zero-order valence-corrected chi connectivity index (χ0v) is 19.6. The van der Waals surface area contributed by atoms with E-state index in [1.807, 2.05) is 55.7 Å². The number of anilines is 1. The number of hydrogen-bond donors (Lipinski definition) is 2. The maximum Gasteiger partial charge on any atom is 0.321 e. The molecule has 3 aromatic heterocycles. The molecular weight excluding hydrogens is 440 g/mol. The van der Waals surface area contributed by atoms with Gasteiger partial charge in [-0.15, -0.1) is 0 Å². The van der Waals surface area contributed by atoms with Crippen LogP contribution in [0.5, 0.6) is 0 Å². The average Bonchev–Trinajstić information content (AvgIpc) is 3.48. The molecule has 0 saturated carbocycles. The number of aryl methyl sites for hydroxylation is 1.